The highest BCUT2D eigenvalue weighted by molar-refractivity contribution is 9.10. The summed E-state index contributed by atoms with van der Waals surface area (Å²) in [6.07, 6.45) is 2.51. The molecule has 220 valence electrons. The SMILES string of the molecule is O=C(N/N=C\c1cc([N+](=O)[O-])cc(Br)c1OC(=O)c1ccccc1)/C(=C/c1ccc2c(c1)OCO2)NC(=O)c1ccccc1. The molecule has 0 fully saturated rings. The van der Waals surface area contributed by atoms with Gasteiger partial charge in [-0.3, -0.25) is 19.7 Å². The summed E-state index contributed by atoms with van der Waals surface area (Å²) < 4.78 is 16.4. The molecule has 1 aliphatic rings. The maximum Gasteiger partial charge on any atom is 0.343 e. The molecule has 0 unspecified atom stereocenters. The Hall–Kier alpha value is -5.82. The van der Waals surface area contributed by atoms with Crippen molar-refractivity contribution in [3.63, 3.8) is 0 Å². The predicted molar refractivity (Wildman–Crippen MR) is 162 cm³/mol. The second-order valence-electron chi connectivity index (χ2n) is 9.05. The predicted octanol–water partition coefficient (Wildman–Crippen LogP) is 5.23. The molecule has 2 amide bonds. The number of benzene rings is 4. The van der Waals surface area contributed by atoms with Crippen molar-refractivity contribution < 1.29 is 33.5 Å². The molecule has 0 aromatic heterocycles. The van der Waals surface area contributed by atoms with Crippen LogP contribution < -0.4 is 25.0 Å². The number of hydrogen-bond acceptors (Lipinski definition) is 9. The van der Waals surface area contributed by atoms with Crippen LogP contribution in [-0.4, -0.2) is 35.7 Å². The zero-order valence-electron chi connectivity index (χ0n) is 22.6. The molecular weight excluding hydrogens is 636 g/mol. The quantitative estimate of drug-likeness (QED) is 0.0619. The number of nitro benzene ring substituents is 1. The van der Waals surface area contributed by atoms with E-state index >= 15 is 0 Å². The minimum atomic E-state index is -0.810. The van der Waals surface area contributed by atoms with Gasteiger partial charge in [0, 0.05) is 23.3 Å². The van der Waals surface area contributed by atoms with Gasteiger partial charge < -0.3 is 19.5 Å². The highest BCUT2D eigenvalue weighted by Gasteiger charge is 2.20. The lowest BCUT2D eigenvalue weighted by atomic mass is 10.1. The Morgan fingerprint density at radius 2 is 1.59 bits per heavy atom. The molecule has 0 atom stereocenters. The number of nitrogens with one attached hydrogen (secondary N) is 2. The van der Waals surface area contributed by atoms with Crippen molar-refractivity contribution >= 4 is 51.7 Å². The number of esters is 1. The van der Waals surface area contributed by atoms with Gasteiger partial charge in [-0.15, -0.1) is 0 Å². The number of carbonyl (C=O) groups is 3. The Balaban J connectivity index is 1.42. The molecule has 13 heteroatoms. The summed E-state index contributed by atoms with van der Waals surface area (Å²) in [6, 6.07) is 23.7. The number of rotatable bonds is 9. The fourth-order valence-corrected chi connectivity index (χ4v) is 4.51. The van der Waals surface area contributed by atoms with Gasteiger partial charge in [0.15, 0.2) is 17.2 Å². The highest BCUT2D eigenvalue weighted by Crippen LogP contribution is 2.34. The first-order valence-corrected chi connectivity index (χ1v) is 13.6. The van der Waals surface area contributed by atoms with E-state index in [0.29, 0.717) is 22.6 Å². The maximum absolute atomic E-state index is 13.3. The molecule has 4 aromatic carbocycles. The molecule has 1 aliphatic heterocycles. The van der Waals surface area contributed by atoms with Crippen LogP contribution in [0.5, 0.6) is 17.2 Å². The molecule has 4 aromatic rings. The number of ether oxygens (including phenoxy) is 3. The number of fused-ring (bicyclic) bond motifs is 1. The average molecular weight is 657 g/mol. The Morgan fingerprint density at radius 3 is 2.30 bits per heavy atom. The Bertz CT molecular complexity index is 1810. The summed E-state index contributed by atoms with van der Waals surface area (Å²) >= 11 is 3.21. The number of non-ortho nitro benzene ring substituents is 1. The van der Waals surface area contributed by atoms with E-state index in [4.69, 9.17) is 14.2 Å². The first kappa shape index (κ1) is 29.7. The topological polar surface area (TPSA) is 158 Å². The zero-order chi connectivity index (χ0) is 31.1. The maximum atomic E-state index is 13.3. The Morgan fingerprint density at radius 1 is 0.909 bits per heavy atom. The number of hydrazone groups is 1. The number of amides is 2. The second kappa shape index (κ2) is 13.4. The van der Waals surface area contributed by atoms with Gasteiger partial charge in [-0.2, -0.15) is 5.10 Å². The Kier molecular flexibility index (Phi) is 9.06. The minimum Gasteiger partial charge on any atom is -0.454 e. The van der Waals surface area contributed by atoms with Gasteiger partial charge in [0.25, 0.3) is 17.5 Å². The van der Waals surface area contributed by atoms with Crippen LogP contribution in [0.15, 0.2) is 106 Å². The lowest BCUT2D eigenvalue weighted by Crippen LogP contribution is -2.32. The van der Waals surface area contributed by atoms with Crippen LogP contribution in [0.3, 0.4) is 0 Å². The number of hydrogen-bond donors (Lipinski definition) is 2. The smallest absolute Gasteiger partial charge is 0.343 e. The summed E-state index contributed by atoms with van der Waals surface area (Å²) in [5, 5.41) is 18.0. The van der Waals surface area contributed by atoms with Crippen molar-refractivity contribution in [2.75, 3.05) is 6.79 Å². The first-order valence-electron chi connectivity index (χ1n) is 12.8. The molecule has 0 aliphatic carbocycles. The van der Waals surface area contributed by atoms with Gasteiger partial charge in [-0.25, -0.2) is 10.2 Å². The number of nitrogens with zero attached hydrogens (tertiary/aromatic N) is 2. The van der Waals surface area contributed by atoms with E-state index in [-0.39, 0.29) is 39.5 Å². The average Bonchev–Trinajstić information content (AvgIpc) is 3.50. The van der Waals surface area contributed by atoms with E-state index in [1.54, 1.807) is 78.9 Å². The first-order chi connectivity index (χ1) is 21.3. The largest absolute Gasteiger partial charge is 0.454 e. The molecule has 0 spiro atoms. The molecule has 44 heavy (non-hydrogen) atoms. The monoisotopic (exact) mass is 656 g/mol. The fraction of sp³-hybridized carbons (Fsp3) is 0.0323. The third-order valence-corrected chi connectivity index (χ3v) is 6.67. The lowest BCUT2D eigenvalue weighted by Gasteiger charge is -2.11. The lowest BCUT2D eigenvalue weighted by molar-refractivity contribution is -0.385. The molecule has 0 saturated carbocycles. The normalized spacial score (nSPS) is 12.1. The number of halogens is 1. The summed E-state index contributed by atoms with van der Waals surface area (Å²) in [4.78, 5) is 49.7. The summed E-state index contributed by atoms with van der Waals surface area (Å²) in [5.41, 5.74) is 2.93. The molecule has 0 bridgehead atoms. The molecular formula is C31H21BrN4O8. The van der Waals surface area contributed by atoms with E-state index in [2.05, 4.69) is 31.8 Å². The molecule has 0 radical (unpaired) electrons. The molecule has 5 rings (SSSR count). The van der Waals surface area contributed by atoms with Crippen molar-refractivity contribution in [2.24, 2.45) is 5.10 Å². The summed E-state index contributed by atoms with van der Waals surface area (Å²) in [6.45, 7) is 0.0612. The van der Waals surface area contributed by atoms with Gasteiger partial charge >= 0.3 is 5.97 Å². The standard InChI is InChI=1S/C31H21BrN4O8/c32-24-16-23(36(40)41)15-22(28(24)44-31(39)21-9-5-2-6-10-21)17-33-35-30(38)25(34-29(37)20-7-3-1-4-8-20)13-19-11-12-26-27(14-19)43-18-42-26/h1-17H,18H2,(H,34,37)(H,35,38)/b25-13-,33-17-. The van der Waals surface area contributed by atoms with Crippen molar-refractivity contribution in [1.82, 2.24) is 10.7 Å². The van der Waals surface area contributed by atoms with Crippen molar-refractivity contribution in [1.29, 1.82) is 0 Å². The zero-order valence-corrected chi connectivity index (χ0v) is 24.1. The van der Waals surface area contributed by atoms with Crippen LogP contribution >= 0.6 is 15.9 Å². The summed E-state index contributed by atoms with van der Waals surface area (Å²) in [7, 11) is 0. The van der Waals surface area contributed by atoms with Crippen LogP contribution in [0.2, 0.25) is 0 Å². The van der Waals surface area contributed by atoms with Gasteiger partial charge in [0.05, 0.1) is 21.2 Å². The Labute approximate surface area is 258 Å². The van der Waals surface area contributed by atoms with Crippen LogP contribution in [0.25, 0.3) is 6.08 Å². The molecule has 12 nitrogen and oxygen atoms in total. The molecule has 1 heterocycles. The van der Waals surface area contributed by atoms with E-state index in [1.165, 1.54) is 12.1 Å². The summed E-state index contributed by atoms with van der Waals surface area (Å²) in [5.74, 6) is -1.12. The van der Waals surface area contributed by atoms with Gasteiger partial charge in [0.2, 0.25) is 6.79 Å². The van der Waals surface area contributed by atoms with Crippen LogP contribution in [0.1, 0.15) is 31.8 Å². The third-order valence-electron chi connectivity index (χ3n) is 6.08. The van der Waals surface area contributed by atoms with Gasteiger partial charge in [-0.05, 0) is 64.0 Å². The van der Waals surface area contributed by atoms with Crippen LogP contribution in [0.4, 0.5) is 5.69 Å². The van der Waals surface area contributed by atoms with Crippen molar-refractivity contribution in [3.8, 4) is 17.2 Å². The second-order valence-corrected chi connectivity index (χ2v) is 9.90. The van der Waals surface area contributed by atoms with Gasteiger partial charge in [-0.1, -0.05) is 42.5 Å². The number of carbonyl (C=O) groups excluding carboxylic acids is 3. The number of nitro groups is 1. The van der Waals surface area contributed by atoms with Crippen LogP contribution in [-0.2, 0) is 4.79 Å². The van der Waals surface area contributed by atoms with Gasteiger partial charge in [0.1, 0.15) is 5.70 Å². The fourth-order valence-electron chi connectivity index (χ4n) is 3.97. The van der Waals surface area contributed by atoms with E-state index in [9.17, 15) is 24.5 Å². The van der Waals surface area contributed by atoms with E-state index in [1.807, 2.05) is 0 Å². The van der Waals surface area contributed by atoms with Crippen LogP contribution in [0, 0.1) is 10.1 Å². The molecule has 0 saturated heterocycles. The van der Waals surface area contributed by atoms with E-state index in [0.717, 1.165) is 12.3 Å². The minimum absolute atomic E-state index is 0.0188. The van der Waals surface area contributed by atoms with Crippen molar-refractivity contribution in [3.05, 3.63) is 134 Å². The van der Waals surface area contributed by atoms with Crippen molar-refractivity contribution in [2.45, 2.75) is 0 Å². The highest BCUT2D eigenvalue weighted by atomic mass is 79.9. The molecule has 2 N–H and O–H groups in total. The van der Waals surface area contributed by atoms with E-state index < -0.39 is 22.7 Å². The third kappa shape index (κ3) is 7.14.